The number of nitrogens with one attached hydrogen (secondary N) is 1. The first-order chi connectivity index (χ1) is 19.4. The van der Waals surface area contributed by atoms with Crippen molar-refractivity contribution in [3.63, 3.8) is 0 Å². The van der Waals surface area contributed by atoms with E-state index in [2.05, 4.69) is 5.32 Å². The molecule has 3 unspecified atom stereocenters. The molecule has 0 saturated carbocycles. The summed E-state index contributed by atoms with van der Waals surface area (Å²) in [6.07, 6.45) is -2.35. The first-order valence-corrected chi connectivity index (χ1v) is 14.0. The summed E-state index contributed by atoms with van der Waals surface area (Å²) in [5, 5.41) is 13.0. The van der Waals surface area contributed by atoms with Crippen molar-refractivity contribution in [3.8, 4) is 17.2 Å². The summed E-state index contributed by atoms with van der Waals surface area (Å²) in [6, 6.07) is 8.37. The predicted molar refractivity (Wildman–Crippen MR) is 145 cm³/mol. The Bertz CT molecular complexity index is 1280. The standard InChI is InChI=1S/C30H37F3N2O6/c1-5-8-20-17-21(28(4,38)30(31,32)33)10-12-23(20)39-14-7-9-19(3)35-26(36)29(6-2,34-27(35)37)22-11-13-24-25(18-22)41-16-15-40-24/h10-13,17-19,38H,5-9,14-16H2,1-4H3,(H,34,37). The van der Waals surface area contributed by atoms with E-state index in [-0.39, 0.29) is 18.1 Å². The molecule has 3 atom stereocenters. The number of benzene rings is 2. The molecule has 11 heteroatoms. The maximum atomic E-state index is 13.7. The zero-order valence-corrected chi connectivity index (χ0v) is 23.8. The topological polar surface area (TPSA) is 97.3 Å². The fraction of sp³-hybridized carbons (Fsp3) is 0.533. The number of hydrogen-bond donors (Lipinski definition) is 2. The van der Waals surface area contributed by atoms with Crippen molar-refractivity contribution in [1.29, 1.82) is 0 Å². The van der Waals surface area contributed by atoms with Gasteiger partial charge in [-0.1, -0.05) is 32.4 Å². The third kappa shape index (κ3) is 5.82. The molecule has 1 saturated heterocycles. The van der Waals surface area contributed by atoms with Crippen LogP contribution < -0.4 is 19.5 Å². The van der Waals surface area contributed by atoms with Gasteiger partial charge in [0, 0.05) is 6.04 Å². The summed E-state index contributed by atoms with van der Waals surface area (Å²) >= 11 is 0. The summed E-state index contributed by atoms with van der Waals surface area (Å²) in [6.45, 7) is 7.35. The third-order valence-corrected chi connectivity index (χ3v) is 7.85. The molecule has 2 aliphatic heterocycles. The fourth-order valence-electron chi connectivity index (χ4n) is 5.28. The number of aryl methyl sites for hydroxylation is 1. The van der Waals surface area contributed by atoms with Crippen molar-refractivity contribution in [2.45, 2.75) is 83.2 Å². The van der Waals surface area contributed by atoms with Crippen LogP contribution in [-0.4, -0.2) is 54.0 Å². The van der Waals surface area contributed by atoms with Gasteiger partial charge in [-0.3, -0.25) is 9.69 Å². The van der Waals surface area contributed by atoms with Gasteiger partial charge < -0.3 is 24.6 Å². The van der Waals surface area contributed by atoms with Crippen LogP contribution in [0.2, 0.25) is 0 Å². The fourth-order valence-corrected chi connectivity index (χ4v) is 5.28. The number of amides is 3. The van der Waals surface area contributed by atoms with Crippen LogP contribution in [0.3, 0.4) is 0 Å². The number of urea groups is 1. The van der Waals surface area contributed by atoms with Gasteiger partial charge in [0.2, 0.25) is 0 Å². The maximum absolute atomic E-state index is 13.7. The van der Waals surface area contributed by atoms with Crippen LogP contribution in [-0.2, 0) is 22.4 Å². The molecular weight excluding hydrogens is 541 g/mol. The van der Waals surface area contributed by atoms with Gasteiger partial charge in [0.1, 0.15) is 24.5 Å². The first-order valence-electron chi connectivity index (χ1n) is 14.0. The molecule has 8 nitrogen and oxygen atoms in total. The number of halogens is 3. The predicted octanol–water partition coefficient (Wildman–Crippen LogP) is 5.58. The van der Waals surface area contributed by atoms with E-state index in [4.69, 9.17) is 14.2 Å². The van der Waals surface area contributed by atoms with Crippen LogP contribution in [0.25, 0.3) is 0 Å². The quantitative estimate of drug-likeness (QED) is 0.267. The number of fused-ring (bicyclic) bond motifs is 1. The molecule has 0 radical (unpaired) electrons. The van der Waals surface area contributed by atoms with Crippen molar-refractivity contribution in [2.24, 2.45) is 0 Å². The van der Waals surface area contributed by atoms with Crippen LogP contribution in [0, 0.1) is 0 Å². The van der Waals surface area contributed by atoms with Crippen molar-refractivity contribution in [2.75, 3.05) is 19.8 Å². The Kier molecular flexibility index (Phi) is 8.77. The first kappa shape index (κ1) is 30.5. The lowest BCUT2D eigenvalue weighted by Crippen LogP contribution is -2.44. The lowest BCUT2D eigenvalue weighted by molar-refractivity contribution is -0.258. The summed E-state index contributed by atoms with van der Waals surface area (Å²) in [5.74, 6) is 1.23. The van der Waals surface area contributed by atoms with Gasteiger partial charge in [-0.15, -0.1) is 0 Å². The molecule has 2 aromatic rings. The van der Waals surface area contributed by atoms with E-state index >= 15 is 0 Å². The second-order valence-electron chi connectivity index (χ2n) is 10.7. The number of rotatable bonds is 11. The van der Waals surface area contributed by atoms with Crippen molar-refractivity contribution in [1.82, 2.24) is 10.2 Å². The number of imide groups is 1. The monoisotopic (exact) mass is 578 g/mol. The number of hydrogen-bond acceptors (Lipinski definition) is 6. The molecule has 41 heavy (non-hydrogen) atoms. The number of aliphatic hydroxyl groups is 1. The average Bonchev–Trinajstić information content (AvgIpc) is 3.20. The third-order valence-electron chi connectivity index (χ3n) is 7.85. The average molecular weight is 579 g/mol. The highest BCUT2D eigenvalue weighted by molar-refractivity contribution is 6.07. The number of carbonyl (C=O) groups is 2. The molecule has 0 spiro atoms. The zero-order valence-electron chi connectivity index (χ0n) is 23.8. The number of ether oxygens (including phenoxy) is 3. The summed E-state index contributed by atoms with van der Waals surface area (Å²) in [4.78, 5) is 27.9. The Hall–Kier alpha value is -3.47. The van der Waals surface area contributed by atoms with Crippen molar-refractivity contribution < 1.29 is 42.1 Å². The van der Waals surface area contributed by atoms with Gasteiger partial charge in [0.05, 0.1) is 6.61 Å². The van der Waals surface area contributed by atoms with E-state index in [1.54, 1.807) is 25.1 Å². The van der Waals surface area contributed by atoms with E-state index in [1.165, 1.54) is 23.1 Å². The van der Waals surface area contributed by atoms with Crippen LogP contribution in [0.4, 0.5) is 18.0 Å². The molecule has 0 aliphatic carbocycles. The van der Waals surface area contributed by atoms with Gasteiger partial charge in [-0.2, -0.15) is 13.2 Å². The highest BCUT2D eigenvalue weighted by Gasteiger charge is 2.53. The smallest absolute Gasteiger partial charge is 0.421 e. The second kappa shape index (κ2) is 11.8. The van der Waals surface area contributed by atoms with Gasteiger partial charge in [0.15, 0.2) is 17.1 Å². The minimum Gasteiger partial charge on any atom is -0.493 e. The zero-order chi connectivity index (χ0) is 30.0. The Labute approximate surface area is 237 Å². The molecular formula is C30H37F3N2O6. The van der Waals surface area contributed by atoms with Gasteiger partial charge in [-0.25, -0.2) is 4.79 Å². The van der Waals surface area contributed by atoms with Gasteiger partial charge in [-0.05, 0) is 80.5 Å². The minimum absolute atomic E-state index is 0.237. The molecule has 0 aromatic heterocycles. The van der Waals surface area contributed by atoms with Crippen LogP contribution in [0.1, 0.15) is 70.1 Å². The van der Waals surface area contributed by atoms with E-state index in [1.807, 2.05) is 13.8 Å². The molecule has 2 N–H and O–H groups in total. The van der Waals surface area contributed by atoms with E-state index in [9.17, 15) is 27.9 Å². The number of alkyl halides is 3. The number of carbonyl (C=O) groups excluding carboxylic acids is 2. The summed E-state index contributed by atoms with van der Waals surface area (Å²) < 4.78 is 57.1. The number of nitrogens with zero attached hydrogens (tertiary/aromatic N) is 1. The molecule has 2 heterocycles. The van der Waals surface area contributed by atoms with E-state index < -0.39 is 29.4 Å². The molecule has 4 rings (SSSR count). The van der Waals surface area contributed by atoms with Crippen molar-refractivity contribution in [3.05, 3.63) is 53.1 Å². The van der Waals surface area contributed by atoms with Gasteiger partial charge >= 0.3 is 12.2 Å². The van der Waals surface area contributed by atoms with Crippen LogP contribution >= 0.6 is 0 Å². The minimum atomic E-state index is -4.81. The molecule has 2 aliphatic rings. The molecule has 2 aromatic carbocycles. The normalized spacial score (nSPS) is 20.9. The Morgan fingerprint density at radius 2 is 1.80 bits per heavy atom. The summed E-state index contributed by atoms with van der Waals surface area (Å²) in [7, 11) is 0. The van der Waals surface area contributed by atoms with Gasteiger partial charge in [0.25, 0.3) is 5.91 Å². The largest absolute Gasteiger partial charge is 0.493 e. The molecule has 3 amide bonds. The lowest BCUT2D eigenvalue weighted by Gasteiger charge is -2.29. The molecule has 224 valence electrons. The Morgan fingerprint density at radius 1 is 1.10 bits per heavy atom. The van der Waals surface area contributed by atoms with Crippen molar-refractivity contribution >= 4 is 11.9 Å². The van der Waals surface area contributed by atoms with E-state index in [0.29, 0.717) is 73.7 Å². The molecule has 0 bridgehead atoms. The Morgan fingerprint density at radius 3 is 2.46 bits per heavy atom. The second-order valence-corrected chi connectivity index (χ2v) is 10.7. The highest BCUT2D eigenvalue weighted by Crippen LogP contribution is 2.41. The van der Waals surface area contributed by atoms with Crippen LogP contribution in [0.15, 0.2) is 36.4 Å². The van der Waals surface area contributed by atoms with E-state index in [0.717, 1.165) is 6.92 Å². The molecule has 1 fully saturated rings. The summed E-state index contributed by atoms with van der Waals surface area (Å²) in [5.41, 5.74) is -3.24. The lowest BCUT2D eigenvalue weighted by atomic mass is 9.86. The highest BCUT2D eigenvalue weighted by atomic mass is 19.4. The van der Waals surface area contributed by atoms with Crippen LogP contribution in [0.5, 0.6) is 17.2 Å². The maximum Gasteiger partial charge on any atom is 0.421 e. The Balaban J connectivity index is 1.40. The SMILES string of the molecule is CCCc1cc(C(C)(O)C(F)(F)F)ccc1OCCCC(C)N1C(=O)NC(CC)(c2ccc3c(c2)OCCO3)C1=O.